The van der Waals surface area contributed by atoms with Crippen molar-refractivity contribution in [3.8, 4) is 0 Å². The maximum atomic E-state index is 12.7. The van der Waals surface area contributed by atoms with Crippen molar-refractivity contribution >= 4 is 27.7 Å². The molecule has 1 amide bonds. The van der Waals surface area contributed by atoms with Crippen molar-refractivity contribution in [3.63, 3.8) is 0 Å². The molecule has 0 unspecified atom stereocenters. The minimum Gasteiger partial charge on any atom is -0.310 e. The van der Waals surface area contributed by atoms with Crippen LogP contribution < -0.4 is 5.32 Å². The van der Waals surface area contributed by atoms with Crippen LogP contribution >= 0.6 is 15.9 Å². The van der Waals surface area contributed by atoms with E-state index in [-0.39, 0.29) is 11.8 Å². The van der Waals surface area contributed by atoms with Crippen molar-refractivity contribution < 1.29 is 9.18 Å². The lowest BCUT2D eigenvalue weighted by Gasteiger charge is -2.23. The van der Waals surface area contributed by atoms with Gasteiger partial charge in [-0.3, -0.25) is 4.79 Å². The molecular formula is C10H10BrFN2O. The van der Waals surface area contributed by atoms with E-state index in [0.717, 1.165) is 25.5 Å². The van der Waals surface area contributed by atoms with Gasteiger partial charge in [-0.1, -0.05) is 6.42 Å². The molecule has 1 fully saturated rings. The zero-order chi connectivity index (χ0) is 10.8. The van der Waals surface area contributed by atoms with Gasteiger partial charge in [0.05, 0.1) is 10.7 Å². The molecule has 0 aromatic carbocycles. The van der Waals surface area contributed by atoms with Crippen molar-refractivity contribution in [1.29, 1.82) is 0 Å². The van der Waals surface area contributed by atoms with Crippen molar-refractivity contribution in [2.45, 2.75) is 19.3 Å². The van der Waals surface area contributed by atoms with Gasteiger partial charge in [0.25, 0.3) is 0 Å². The van der Waals surface area contributed by atoms with E-state index in [9.17, 15) is 9.18 Å². The quantitative estimate of drug-likeness (QED) is 0.900. The first-order valence-electron chi connectivity index (χ1n) is 4.79. The number of hydrogen-bond acceptors (Lipinski definition) is 2. The van der Waals surface area contributed by atoms with Crippen LogP contribution in [-0.2, 0) is 4.79 Å². The monoisotopic (exact) mass is 272 g/mol. The van der Waals surface area contributed by atoms with Crippen LogP contribution in [0.4, 0.5) is 10.2 Å². The van der Waals surface area contributed by atoms with Gasteiger partial charge in [0.1, 0.15) is 11.6 Å². The van der Waals surface area contributed by atoms with Gasteiger partial charge in [0.2, 0.25) is 5.91 Å². The topological polar surface area (TPSA) is 42.0 Å². The molecule has 1 aromatic heterocycles. The molecule has 3 nitrogen and oxygen atoms in total. The van der Waals surface area contributed by atoms with Crippen molar-refractivity contribution in [2.75, 3.05) is 5.32 Å². The molecule has 1 aromatic rings. The van der Waals surface area contributed by atoms with E-state index in [1.165, 1.54) is 6.07 Å². The molecule has 0 aliphatic heterocycles. The van der Waals surface area contributed by atoms with Crippen molar-refractivity contribution in [1.82, 2.24) is 4.98 Å². The van der Waals surface area contributed by atoms with E-state index in [0.29, 0.717) is 10.3 Å². The number of aromatic nitrogens is 1. The number of nitrogens with one attached hydrogen (secondary N) is 1. The van der Waals surface area contributed by atoms with Gasteiger partial charge in [-0.15, -0.1) is 0 Å². The highest BCUT2D eigenvalue weighted by Crippen LogP contribution is 2.28. The molecule has 0 atom stereocenters. The van der Waals surface area contributed by atoms with E-state index in [1.54, 1.807) is 0 Å². The van der Waals surface area contributed by atoms with Crippen LogP contribution in [0.5, 0.6) is 0 Å². The average molecular weight is 273 g/mol. The molecule has 1 saturated carbocycles. The Morgan fingerprint density at radius 3 is 2.87 bits per heavy atom. The van der Waals surface area contributed by atoms with Gasteiger partial charge in [0.15, 0.2) is 0 Å². The minimum absolute atomic E-state index is 0.0268. The predicted molar refractivity (Wildman–Crippen MR) is 57.9 cm³/mol. The normalized spacial score (nSPS) is 15.9. The fourth-order valence-electron chi connectivity index (χ4n) is 1.40. The molecular weight excluding hydrogens is 263 g/mol. The summed E-state index contributed by atoms with van der Waals surface area (Å²) < 4.78 is 13.2. The molecule has 1 aliphatic rings. The minimum atomic E-state index is -0.427. The lowest BCUT2D eigenvalue weighted by molar-refractivity contribution is -0.122. The van der Waals surface area contributed by atoms with Crippen LogP contribution in [0.15, 0.2) is 16.7 Å². The van der Waals surface area contributed by atoms with Crippen LogP contribution in [0.3, 0.4) is 0 Å². The Labute approximate surface area is 95.2 Å². The van der Waals surface area contributed by atoms with E-state index in [1.807, 2.05) is 0 Å². The third-order valence-corrected chi connectivity index (χ3v) is 3.13. The van der Waals surface area contributed by atoms with Gasteiger partial charge in [0, 0.05) is 5.92 Å². The lowest BCUT2D eigenvalue weighted by atomic mass is 9.85. The zero-order valence-electron chi connectivity index (χ0n) is 7.96. The summed E-state index contributed by atoms with van der Waals surface area (Å²) in [5, 5.41) is 2.68. The Morgan fingerprint density at radius 2 is 2.33 bits per heavy atom. The third kappa shape index (κ3) is 2.34. The number of carbonyl (C=O) groups excluding carboxylic acids is 1. The SMILES string of the molecule is O=C(Nc1ncc(F)cc1Br)C1CCC1. The molecule has 0 bridgehead atoms. The van der Waals surface area contributed by atoms with Crippen LogP contribution in [-0.4, -0.2) is 10.9 Å². The Balaban J connectivity index is 2.06. The molecule has 2 rings (SSSR count). The van der Waals surface area contributed by atoms with E-state index in [4.69, 9.17) is 0 Å². The summed E-state index contributed by atoms with van der Waals surface area (Å²) >= 11 is 3.15. The van der Waals surface area contributed by atoms with E-state index in [2.05, 4.69) is 26.2 Å². The second-order valence-electron chi connectivity index (χ2n) is 3.60. The summed E-state index contributed by atoms with van der Waals surface area (Å²) in [4.78, 5) is 15.4. The molecule has 80 valence electrons. The number of amides is 1. The van der Waals surface area contributed by atoms with Gasteiger partial charge < -0.3 is 5.32 Å². The standard InChI is InChI=1S/C10H10BrFN2O/c11-8-4-7(12)5-13-9(8)14-10(15)6-2-1-3-6/h4-6H,1-3H2,(H,13,14,15). The predicted octanol–water partition coefficient (Wildman–Crippen LogP) is 2.72. The summed E-state index contributed by atoms with van der Waals surface area (Å²) in [5.74, 6) is 0.0293. The largest absolute Gasteiger partial charge is 0.310 e. The summed E-state index contributed by atoms with van der Waals surface area (Å²) in [6, 6.07) is 1.28. The number of rotatable bonds is 2. The molecule has 1 aliphatic carbocycles. The maximum Gasteiger partial charge on any atom is 0.228 e. The van der Waals surface area contributed by atoms with Crippen LogP contribution in [0.2, 0.25) is 0 Å². The molecule has 0 spiro atoms. The first-order valence-corrected chi connectivity index (χ1v) is 5.58. The number of anilines is 1. The Hall–Kier alpha value is -0.970. The molecule has 15 heavy (non-hydrogen) atoms. The number of pyridine rings is 1. The highest BCUT2D eigenvalue weighted by molar-refractivity contribution is 9.10. The second-order valence-corrected chi connectivity index (χ2v) is 4.46. The second kappa shape index (κ2) is 4.26. The Kier molecular flexibility index (Phi) is 3.00. The van der Waals surface area contributed by atoms with E-state index >= 15 is 0 Å². The van der Waals surface area contributed by atoms with Gasteiger partial charge in [-0.2, -0.15) is 0 Å². The average Bonchev–Trinajstić information content (AvgIpc) is 2.07. The van der Waals surface area contributed by atoms with Crippen molar-refractivity contribution in [2.24, 2.45) is 5.92 Å². The number of halogens is 2. The van der Waals surface area contributed by atoms with Gasteiger partial charge >= 0.3 is 0 Å². The maximum absolute atomic E-state index is 12.7. The Morgan fingerprint density at radius 1 is 1.60 bits per heavy atom. The number of nitrogens with zero attached hydrogens (tertiary/aromatic N) is 1. The molecule has 5 heteroatoms. The van der Waals surface area contributed by atoms with Gasteiger partial charge in [-0.05, 0) is 34.8 Å². The first kappa shape index (κ1) is 10.5. The summed E-state index contributed by atoms with van der Waals surface area (Å²) in [6.07, 6.45) is 4.06. The van der Waals surface area contributed by atoms with Crippen molar-refractivity contribution in [3.05, 3.63) is 22.6 Å². The fourth-order valence-corrected chi connectivity index (χ4v) is 1.82. The van der Waals surface area contributed by atoms with Crippen LogP contribution in [0, 0.1) is 11.7 Å². The highest BCUT2D eigenvalue weighted by atomic mass is 79.9. The fraction of sp³-hybridized carbons (Fsp3) is 0.400. The summed E-state index contributed by atoms with van der Waals surface area (Å²) in [5.41, 5.74) is 0. The smallest absolute Gasteiger partial charge is 0.228 e. The lowest BCUT2D eigenvalue weighted by Crippen LogP contribution is -2.28. The molecule has 1 heterocycles. The number of hydrogen-bond donors (Lipinski definition) is 1. The first-order chi connectivity index (χ1) is 7.16. The van der Waals surface area contributed by atoms with Crippen LogP contribution in [0.25, 0.3) is 0 Å². The molecule has 0 radical (unpaired) electrons. The summed E-state index contributed by atoms with van der Waals surface area (Å²) in [6.45, 7) is 0. The highest BCUT2D eigenvalue weighted by Gasteiger charge is 2.25. The molecule has 0 saturated heterocycles. The summed E-state index contributed by atoms with van der Waals surface area (Å²) in [7, 11) is 0. The van der Waals surface area contributed by atoms with Gasteiger partial charge in [-0.25, -0.2) is 9.37 Å². The Bertz CT molecular complexity index is 393. The third-order valence-electron chi connectivity index (χ3n) is 2.53. The molecule has 1 N–H and O–H groups in total. The van der Waals surface area contributed by atoms with Crippen LogP contribution in [0.1, 0.15) is 19.3 Å². The zero-order valence-corrected chi connectivity index (χ0v) is 9.55. The van der Waals surface area contributed by atoms with E-state index < -0.39 is 5.82 Å². The number of carbonyl (C=O) groups is 1.